The predicted octanol–water partition coefficient (Wildman–Crippen LogP) is 3.57. The molecule has 148 valence electrons. The Hall–Kier alpha value is -3.49. The molecule has 0 amide bonds. The van der Waals surface area contributed by atoms with E-state index >= 15 is 0 Å². The fraction of sp³-hybridized carbons (Fsp3) is 0.200. The third-order valence-electron chi connectivity index (χ3n) is 4.65. The largest absolute Gasteiger partial charge is 0.416 e. The summed E-state index contributed by atoms with van der Waals surface area (Å²) >= 11 is 0. The van der Waals surface area contributed by atoms with Crippen LogP contribution in [0, 0.1) is 6.92 Å². The van der Waals surface area contributed by atoms with Crippen molar-refractivity contribution in [1.82, 2.24) is 24.1 Å². The summed E-state index contributed by atoms with van der Waals surface area (Å²) in [4.78, 5) is 25.4. The van der Waals surface area contributed by atoms with E-state index < -0.39 is 11.7 Å². The second-order valence-corrected chi connectivity index (χ2v) is 6.67. The SMILES string of the molecule is Cc1nccc(Cn2c(=O)n(C)c3ncc(-c4cccc(C(F)(F)F)c4)cc32)n1. The molecule has 0 bridgehead atoms. The number of halogens is 3. The molecule has 0 radical (unpaired) electrons. The molecule has 0 spiro atoms. The molecule has 4 rings (SSSR count). The Balaban J connectivity index is 1.85. The lowest BCUT2D eigenvalue weighted by Crippen LogP contribution is -2.23. The molecule has 3 heterocycles. The van der Waals surface area contributed by atoms with Gasteiger partial charge in [-0.3, -0.25) is 9.13 Å². The monoisotopic (exact) mass is 399 g/mol. The van der Waals surface area contributed by atoms with Gasteiger partial charge in [-0.2, -0.15) is 13.2 Å². The van der Waals surface area contributed by atoms with E-state index in [1.54, 1.807) is 38.4 Å². The zero-order valence-electron chi connectivity index (χ0n) is 15.6. The summed E-state index contributed by atoms with van der Waals surface area (Å²) in [6, 6.07) is 8.41. The van der Waals surface area contributed by atoms with Crippen LogP contribution in [-0.4, -0.2) is 24.1 Å². The van der Waals surface area contributed by atoms with E-state index in [4.69, 9.17) is 0 Å². The predicted molar refractivity (Wildman–Crippen MR) is 101 cm³/mol. The molecular weight excluding hydrogens is 383 g/mol. The van der Waals surface area contributed by atoms with Gasteiger partial charge in [0.15, 0.2) is 5.65 Å². The number of hydrogen-bond donors (Lipinski definition) is 0. The van der Waals surface area contributed by atoms with Gasteiger partial charge < -0.3 is 0 Å². The average Bonchev–Trinajstić information content (AvgIpc) is 2.92. The Labute approximate surface area is 163 Å². The molecule has 0 aliphatic carbocycles. The first-order chi connectivity index (χ1) is 13.7. The molecule has 3 aromatic heterocycles. The maximum absolute atomic E-state index is 13.1. The van der Waals surface area contributed by atoms with Gasteiger partial charge in [0.05, 0.1) is 23.3 Å². The van der Waals surface area contributed by atoms with Crippen LogP contribution >= 0.6 is 0 Å². The van der Waals surface area contributed by atoms with Crippen LogP contribution < -0.4 is 5.69 Å². The van der Waals surface area contributed by atoms with Crippen LogP contribution in [0.5, 0.6) is 0 Å². The number of hydrogen-bond acceptors (Lipinski definition) is 4. The summed E-state index contributed by atoms with van der Waals surface area (Å²) < 4.78 is 42.1. The lowest BCUT2D eigenvalue weighted by atomic mass is 10.0. The summed E-state index contributed by atoms with van der Waals surface area (Å²) in [5.41, 5.74) is 1.44. The molecule has 4 aromatic rings. The average molecular weight is 399 g/mol. The first kappa shape index (κ1) is 18.9. The number of nitrogens with zero attached hydrogens (tertiary/aromatic N) is 5. The van der Waals surface area contributed by atoms with E-state index in [2.05, 4.69) is 15.0 Å². The van der Waals surface area contributed by atoms with Crippen molar-refractivity contribution in [2.75, 3.05) is 0 Å². The first-order valence-electron chi connectivity index (χ1n) is 8.75. The summed E-state index contributed by atoms with van der Waals surface area (Å²) in [6.45, 7) is 1.95. The molecule has 0 unspecified atom stereocenters. The van der Waals surface area contributed by atoms with Gasteiger partial charge in [0.1, 0.15) is 5.82 Å². The highest BCUT2D eigenvalue weighted by Crippen LogP contribution is 2.32. The molecule has 29 heavy (non-hydrogen) atoms. The van der Waals surface area contributed by atoms with Gasteiger partial charge in [-0.25, -0.2) is 19.7 Å². The van der Waals surface area contributed by atoms with Crippen LogP contribution in [0.4, 0.5) is 13.2 Å². The number of rotatable bonds is 3. The van der Waals surface area contributed by atoms with E-state index in [9.17, 15) is 18.0 Å². The number of pyridine rings is 1. The van der Waals surface area contributed by atoms with Gasteiger partial charge in [-0.1, -0.05) is 12.1 Å². The maximum atomic E-state index is 13.1. The van der Waals surface area contributed by atoms with E-state index in [1.165, 1.54) is 21.4 Å². The fourth-order valence-electron chi connectivity index (χ4n) is 3.22. The van der Waals surface area contributed by atoms with E-state index in [0.717, 1.165) is 12.1 Å². The molecule has 0 aliphatic rings. The highest BCUT2D eigenvalue weighted by molar-refractivity contribution is 5.79. The third-order valence-corrected chi connectivity index (χ3v) is 4.65. The van der Waals surface area contributed by atoms with Gasteiger partial charge >= 0.3 is 11.9 Å². The molecule has 1 aromatic carbocycles. The number of imidazole rings is 1. The van der Waals surface area contributed by atoms with Crippen molar-refractivity contribution in [3.8, 4) is 11.1 Å². The number of benzene rings is 1. The fourth-order valence-corrected chi connectivity index (χ4v) is 3.22. The molecule has 0 saturated heterocycles. The topological polar surface area (TPSA) is 65.6 Å². The summed E-state index contributed by atoms with van der Waals surface area (Å²) in [7, 11) is 1.60. The van der Waals surface area contributed by atoms with Gasteiger partial charge in [0.2, 0.25) is 0 Å². The number of aromatic nitrogens is 5. The van der Waals surface area contributed by atoms with Crippen LogP contribution in [0.15, 0.2) is 53.6 Å². The van der Waals surface area contributed by atoms with Crippen LogP contribution in [0.3, 0.4) is 0 Å². The van der Waals surface area contributed by atoms with Crippen molar-refractivity contribution in [2.24, 2.45) is 7.05 Å². The smallest absolute Gasteiger partial charge is 0.284 e. The Bertz CT molecular complexity index is 1270. The second-order valence-electron chi connectivity index (χ2n) is 6.67. The number of fused-ring (bicyclic) bond motifs is 1. The lowest BCUT2D eigenvalue weighted by Gasteiger charge is -2.09. The van der Waals surface area contributed by atoms with Crippen molar-refractivity contribution in [2.45, 2.75) is 19.6 Å². The van der Waals surface area contributed by atoms with Gasteiger partial charge in [0, 0.05) is 25.0 Å². The quantitative estimate of drug-likeness (QED) is 0.528. The van der Waals surface area contributed by atoms with Crippen molar-refractivity contribution < 1.29 is 13.2 Å². The first-order valence-corrected chi connectivity index (χ1v) is 8.75. The molecule has 6 nitrogen and oxygen atoms in total. The van der Waals surface area contributed by atoms with Crippen LogP contribution in [0.25, 0.3) is 22.3 Å². The van der Waals surface area contributed by atoms with E-state index in [0.29, 0.717) is 33.8 Å². The molecule has 9 heteroatoms. The van der Waals surface area contributed by atoms with Crippen molar-refractivity contribution in [3.05, 3.63) is 76.4 Å². The van der Waals surface area contributed by atoms with Gasteiger partial charge in [-0.15, -0.1) is 0 Å². The van der Waals surface area contributed by atoms with Crippen molar-refractivity contribution in [3.63, 3.8) is 0 Å². The zero-order valence-corrected chi connectivity index (χ0v) is 15.6. The molecule has 0 N–H and O–H groups in total. The minimum Gasteiger partial charge on any atom is -0.284 e. The van der Waals surface area contributed by atoms with Gasteiger partial charge in [0.25, 0.3) is 0 Å². The van der Waals surface area contributed by atoms with E-state index in [1.807, 2.05) is 0 Å². The summed E-state index contributed by atoms with van der Waals surface area (Å²) in [5, 5.41) is 0. The van der Waals surface area contributed by atoms with Crippen LogP contribution in [0.2, 0.25) is 0 Å². The minimum absolute atomic E-state index is 0.202. The molecule has 0 aliphatic heterocycles. The van der Waals surface area contributed by atoms with Gasteiger partial charge in [-0.05, 0) is 36.8 Å². The van der Waals surface area contributed by atoms with Crippen LogP contribution in [0.1, 0.15) is 17.1 Å². The highest BCUT2D eigenvalue weighted by Gasteiger charge is 2.30. The molecule has 0 saturated carbocycles. The second kappa shape index (κ2) is 6.84. The van der Waals surface area contributed by atoms with Crippen LogP contribution in [-0.2, 0) is 19.8 Å². The normalized spacial score (nSPS) is 11.9. The Kier molecular flexibility index (Phi) is 4.45. The Morgan fingerprint density at radius 3 is 2.59 bits per heavy atom. The molecule has 0 fully saturated rings. The highest BCUT2D eigenvalue weighted by atomic mass is 19.4. The maximum Gasteiger partial charge on any atom is 0.416 e. The summed E-state index contributed by atoms with van der Waals surface area (Å²) in [6.07, 6.45) is -1.36. The molecule has 0 atom stereocenters. The number of aryl methyl sites for hydroxylation is 2. The number of alkyl halides is 3. The lowest BCUT2D eigenvalue weighted by molar-refractivity contribution is -0.137. The Morgan fingerprint density at radius 1 is 1.07 bits per heavy atom. The van der Waals surface area contributed by atoms with E-state index in [-0.39, 0.29) is 12.2 Å². The standard InChI is InChI=1S/C20H16F3N5O/c1-12-24-7-6-16(26-12)11-28-17-9-14(10-25-18(17)27(2)19(28)29)13-4-3-5-15(8-13)20(21,22)23/h3-10H,11H2,1-2H3. The summed E-state index contributed by atoms with van der Waals surface area (Å²) in [5.74, 6) is 0.582. The zero-order chi connectivity index (χ0) is 20.8. The Morgan fingerprint density at radius 2 is 1.86 bits per heavy atom. The third kappa shape index (κ3) is 3.51. The minimum atomic E-state index is -4.44. The molecular formula is C20H16F3N5O. The van der Waals surface area contributed by atoms with Crippen molar-refractivity contribution >= 4 is 11.2 Å². The van der Waals surface area contributed by atoms with Crippen molar-refractivity contribution in [1.29, 1.82) is 0 Å².